The Labute approximate surface area is 298 Å². The zero-order valence-corrected chi connectivity index (χ0v) is 28.7. The van der Waals surface area contributed by atoms with E-state index >= 15 is 0 Å². The molecule has 0 N–H and O–H groups in total. The fourth-order valence-electron chi connectivity index (χ4n) is 8.19. The molecule has 1 aliphatic carbocycles. The minimum Gasteiger partial charge on any atom is -0.310 e. The summed E-state index contributed by atoms with van der Waals surface area (Å²) >= 11 is 0. The molecule has 0 saturated heterocycles. The zero-order valence-electron chi connectivity index (χ0n) is 28.7. The number of nitrogens with zero attached hydrogens (tertiary/aromatic N) is 1. The van der Waals surface area contributed by atoms with Crippen molar-refractivity contribution in [3.05, 3.63) is 187 Å². The second-order valence-electron chi connectivity index (χ2n) is 13.9. The van der Waals surface area contributed by atoms with Gasteiger partial charge in [-0.1, -0.05) is 145 Å². The molecule has 0 aliphatic heterocycles. The van der Waals surface area contributed by atoms with Crippen molar-refractivity contribution in [3.63, 3.8) is 0 Å². The van der Waals surface area contributed by atoms with Gasteiger partial charge in [-0.05, 0) is 133 Å². The highest BCUT2D eigenvalue weighted by atomic mass is 15.1. The number of anilines is 3. The molecule has 0 unspecified atom stereocenters. The summed E-state index contributed by atoms with van der Waals surface area (Å²) in [6.45, 7) is 4.29. The summed E-state index contributed by atoms with van der Waals surface area (Å²) in [7, 11) is 0. The molecule has 51 heavy (non-hydrogen) atoms. The normalized spacial score (nSPS) is 11.7. The Morgan fingerprint density at radius 3 is 1.61 bits per heavy atom. The Bertz CT molecular complexity index is 2740. The highest BCUT2D eigenvalue weighted by molar-refractivity contribution is 6.29. The summed E-state index contributed by atoms with van der Waals surface area (Å²) in [5.74, 6) is 0. The minimum absolute atomic E-state index is 1.15. The topological polar surface area (TPSA) is 3.24 Å². The lowest BCUT2D eigenvalue weighted by atomic mass is 9.87. The average molecular weight is 650 g/mol. The molecule has 240 valence electrons. The van der Waals surface area contributed by atoms with Gasteiger partial charge in [0.25, 0.3) is 0 Å². The van der Waals surface area contributed by atoms with E-state index in [0.717, 1.165) is 17.1 Å². The minimum atomic E-state index is 1.15. The van der Waals surface area contributed by atoms with Gasteiger partial charge in [0.1, 0.15) is 0 Å². The van der Waals surface area contributed by atoms with Crippen LogP contribution in [-0.4, -0.2) is 0 Å². The van der Waals surface area contributed by atoms with E-state index in [1.807, 2.05) is 0 Å². The first-order valence-corrected chi connectivity index (χ1v) is 17.8. The van der Waals surface area contributed by atoms with E-state index in [0.29, 0.717) is 0 Å². The summed E-state index contributed by atoms with van der Waals surface area (Å²) in [5.41, 5.74) is 16.2. The molecule has 9 aromatic rings. The maximum atomic E-state index is 2.40. The fourth-order valence-corrected chi connectivity index (χ4v) is 8.19. The Balaban J connectivity index is 1.14. The van der Waals surface area contributed by atoms with Gasteiger partial charge in [-0.15, -0.1) is 0 Å². The number of benzene rings is 9. The Hall–Kier alpha value is -6.44. The average Bonchev–Trinajstić information content (AvgIpc) is 3.51. The SMILES string of the molecule is Cc1ccc(N(c2ccc(C)cc2)c2ccc3c(c2)-c2cccc4c(-c5ccc(-c6ccc7ccccc7c6)cc5)c5ccccc5c-3c24)cc1. The molecule has 0 spiro atoms. The first-order valence-electron chi connectivity index (χ1n) is 17.8. The number of hydrogen-bond acceptors (Lipinski definition) is 1. The monoisotopic (exact) mass is 649 g/mol. The Morgan fingerprint density at radius 2 is 0.902 bits per heavy atom. The van der Waals surface area contributed by atoms with E-state index in [2.05, 4.69) is 195 Å². The molecule has 0 atom stereocenters. The van der Waals surface area contributed by atoms with Crippen molar-refractivity contribution in [1.82, 2.24) is 0 Å². The van der Waals surface area contributed by atoms with Gasteiger partial charge >= 0.3 is 0 Å². The van der Waals surface area contributed by atoms with Crippen LogP contribution in [0.2, 0.25) is 0 Å². The molecule has 0 bridgehead atoms. The molecule has 0 heterocycles. The summed E-state index contributed by atoms with van der Waals surface area (Å²) < 4.78 is 0. The molecule has 0 saturated carbocycles. The summed E-state index contributed by atoms with van der Waals surface area (Å²) in [6.07, 6.45) is 0. The van der Waals surface area contributed by atoms with E-state index in [1.165, 1.54) is 88.0 Å². The predicted molar refractivity (Wildman–Crippen MR) is 218 cm³/mol. The van der Waals surface area contributed by atoms with Crippen LogP contribution < -0.4 is 4.90 Å². The molecule has 0 amide bonds. The second-order valence-corrected chi connectivity index (χ2v) is 13.9. The summed E-state index contributed by atoms with van der Waals surface area (Å²) in [6, 6.07) is 65.1. The summed E-state index contributed by atoms with van der Waals surface area (Å²) in [5, 5.41) is 7.75. The van der Waals surface area contributed by atoms with Crippen LogP contribution in [0.3, 0.4) is 0 Å². The third kappa shape index (κ3) is 4.77. The van der Waals surface area contributed by atoms with Gasteiger partial charge in [0, 0.05) is 17.1 Å². The van der Waals surface area contributed by atoms with Gasteiger partial charge < -0.3 is 4.90 Å². The quantitative estimate of drug-likeness (QED) is 0.168. The van der Waals surface area contributed by atoms with Gasteiger partial charge in [0.05, 0.1) is 0 Å². The molecule has 1 nitrogen and oxygen atoms in total. The van der Waals surface area contributed by atoms with Crippen LogP contribution in [0.5, 0.6) is 0 Å². The van der Waals surface area contributed by atoms with E-state index < -0.39 is 0 Å². The van der Waals surface area contributed by atoms with E-state index in [-0.39, 0.29) is 0 Å². The molecular formula is C50H35N. The molecule has 10 rings (SSSR count). The Morgan fingerprint density at radius 1 is 0.333 bits per heavy atom. The van der Waals surface area contributed by atoms with Crippen molar-refractivity contribution in [3.8, 4) is 44.5 Å². The predicted octanol–water partition coefficient (Wildman–Crippen LogP) is 14.2. The van der Waals surface area contributed by atoms with Gasteiger partial charge in [-0.3, -0.25) is 0 Å². The van der Waals surface area contributed by atoms with Crippen molar-refractivity contribution in [2.45, 2.75) is 13.8 Å². The molecular weight excluding hydrogens is 615 g/mol. The van der Waals surface area contributed by atoms with Crippen LogP contribution in [0.4, 0.5) is 17.1 Å². The van der Waals surface area contributed by atoms with Gasteiger partial charge in [-0.2, -0.15) is 0 Å². The van der Waals surface area contributed by atoms with Crippen molar-refractivity contribution >= 4 is 49.4 Å². The first kappa shape index (κ1) is 29.5. The van der Waals surface area contributed by atoms with Crippen molar-refractivity contribution in [2.24, 2.45) is 0 Å². The van der Waals surface area contributed by atoms with E-state index in [1.54, 1.807) is 0 Å². The van der Waals surface area contributed by atoms with Crippen molar-refractivity contribution < 1.29 is 0 Å². The van der Waals surface area contributed by atoms with Gasteiger partial charge in [0.15, 0.2) is 0 Å². The van der Waals surface area contributed by atoms with E-state index in [9.17, 15) is 0 Å². The third-order valence-electron chi connectivity index (χ3n) is 10.7. The maximum absolute atomic E-state index is 2.40. The van der Waals surface area contributed by atoms with Crippen LogP contribution in [-0.2, 0) is 0 Å². The maximum Gasteiger partial charge on any atom is 0.0468 e. The van der Waals surface area contributed by atoms with Gasteiger partial charge in [0.2, 0.25) is 0 Å². The highest BCUT2D eigenvalue weighted by Crippen LogP contribution is 2.54. The number of fused-ring (bicyclic) bond motifs is 6. The van der Waals surface area contributed by atoms with Crippen LogP contribution in [0.25, 0.3) is 76.8 Å². The number of hydrogen-bond donors (Lipinski definition) is 0. The molecule has 9 aromatic carbocycles. The lowest BCUT2D eigenvalue weighted by Crippen LogP contribution is -2.10. The lowest BCUT2D eigenvalue weighted by molar-refractivity contribution is 1.27. The summed E-state index contributed by atoms with van der Waals surface area (Å²) in [4.78, 5) is 2.38. The molecule has 0 fully saturated rings. The zero-order chi connectivity index (χ0) is 34.1. The Kier molecular flexibility index (Phi) is 6.69. The van der Waals surface area contributed by atoms with Crippen molar-refractivity contribution in [2.75, 3.05) is 4.90 Å². The molecule has 1 aliphatic rings. The number of rotatable bonds is 5. The van der Waals surface area contributed by atoms with E-state index in [4.69, 9.17) is 0 Å². The largest absolute Gasteiger partial charge is 0.310 e. The van der Waals surface area contributed by atoms with Gasteiger partial charge in [-0.25, -0.2) is 0 Å². The standard InChI is InChI=1S/C50H35N/c1-32-14-24-39(25-15-32)51(40-26-16-33(2)17-27-40)41-28-29-45-47(31-41)44-12-7-13-46-48(42-10-5-6-11-43(42)49(45)50(44)46)36-21-18-35(19-22-36)38-23-20-34-8-3-4-9-37(34)30-38/h3-31H,1-2H3. The molecule has 0 radical (unpaired) electrons. The smallest absolute Gasteiger partial charge is 0.0468 e. The fraction of sp³-hybridized carbons (Fsp3) is 0.0400. The molecule has 0 aromatic heterocycles. The van der Waals surface area contributed by atoms with Crippen LogP contribution in [0, 0.1) is 13.8 Å². The highest BCUT2D eigenvalue weighted by Gasteiger charge is 2.27. The number of aryl methyl sites for hydroxylation is 2. The second kappa shape index (κ2) is 11.6. The lowest BCUT2D eigenvalue weighted by Gasteiger charge is -2.26. The van der Waals surface area contributed by atoms with Crippen LogP contribution in [0.1, 0.15) is 11.1 Å². The molecule has 1 heteroatoms. The van der Waals surface area contributed by atoms with Crippen LogP contribution in [0.15, 0.2) is 176 Å². The third-order valence-corrected chi connectivity index (χ3v) is 10.7. The van der Waals surface area contributed by atoms with Crippen molar-refractivity contribution in [1.29, 1.82) is 0 Å². The first-order chi connectivity index (χ1) is 25.1. The van der Waals surface area contributed by atoms with Crippen LogP contribution >= 0.6 is 0 Å².